The molecule has 0 saturated heterocycles. The standard InChI is InChI=1S/C13H14N2O2S3/c1-2-11-7-8-12(19-11)20(16,17)15-10-5-3-9(4-6-10)13(14)18/h3-8,15H,2H2,1H3,(H2,14,18). The SMILES string of the molecule is CCc1ccc(S(=O)(=O)Nc2ccc(C(N)=S)cc2)s1. The molecule has 0 aliphatic carbocycles. The van der Waals surface area contributed by atoms with Crippen molar-refractivity contribution in [2.24, 2.45) is 5.73 Å². The molecule has 7 heteroatoms. The third kappa shape index (κ3) is 3.36. The van der Waals surface area contributed by atoms with Crippen LogP contribution in [-0.2, 0) is 16.4 Å². The summed E-state index contributed by atoms with van der Waals surface area (Å²) in [5.41, 5.74) is 6.68. The number of sulfonamides is 1. The fraction of sp³-hybridized carbons (Fsp3) is 0.154. The summed E-state index contributed by atoms with van der Waals surface area (Å²) >= 11 is 6.12. The smallest absolute Gasteiger partial charge is 0.271 e. The molecule has 106 valence electrons. The molecule has 2 aromatic rings. The van der Waals surface area contributed by atoms with Crippen LogP contribution in [0.2, 0.25) is 0 Å². The van der Waals surface area contributed by atoms with Crippen LogP contribution < -0.4 is 10.5 Å². The molecule has 0 amide bonds. The first kappa shape index (κ1) is 15.0. The highest BCUT2D eigenvalue weighted by molar-refractivity contribution is 7.94. The van der Waals surface area contributed by atoms with Crippen LogP contribution in [0.4, 0.5) is 5.69 Å². The van der Waals surface area contributed by atoms with Gasteiger partial charge in [-0.3, -0.25) is 4.72 Å². The van der Waals surface area contributed by atoms with Crippen molar-refractivity contribution in [1.82, 2.24) is 0 Å². The maximum Gasteiger partial charge on any atom is 0.271 e. The van der Waals surface area contributed by atoms with Crippen LogP contribution in [-0.4, -0.2) is 13.4 Å². The maximum absolute atomic E-state index is 12.2. The fourth-order valence-corrected chi connectivity index (χ4v) is 4.09. The molecule has 0 unspecified atom stereocenters. The third-order valence-electron chi connectivity index (χ3n) is 2.67. The number of hydrogen-bond acceptors (Lipinski definition) is 4. The van der Waals surface area contributed by atoms with Gasteiger partial charge in [0.2, 0.25) is 0 Å². The van der Waals surface area contributed by atoms with Crippen molar-refractivity contribution in [3.63, 3.8) is 0 Å². The number of anilines is 1. The van der Waals surface area contributed by atoms with Crippen LogP contribution in [0.5, 0.6) is 0 Å². The Morgan fingerprint density at radius 2 is 1.90 bits per heavy atom. The van der Waals surface area contributed by atoms with Gasteiger partial charge in [-0.05, 0) is 42.8 Å². The summed E-state index contributed by atoms with van der Waals surface area (Å²) in [6.45, 7) is 1.99. The zero-order chi connectivity index (χ0) is 14.8. The number of thiophene rings is 1. The number of benzene rings is 1. The van der Waals surface area contributed by atoms with E-state index < -0.39 is 10.0 Å². The molecule has 0 aliphatic heterocycles. The van der Waals surface area contributed by atoms with Crippen molar-refractivity contribution in [1.29, 1.82) is 0 Å². The largest absolute Gasteiger partial charge is 0.389 e. The molecule has 0 atom stereocenters. The molecule has 0 radical (unpaired) electrons. The first-order valence-corrected chi connectivity index (χ1v) is 8.64. The highest BCUT2D eigenvalue weighted by Gasteiger charge is 2.16. The molecule has 3 N–H and O–H groups in total. The second-order valence-corrected chi connectivity index (χ2v) is 7.64. The molecule has 1 aromatic carbocycles. The van der Waals surface area contributed by atoms with Crippen LogP contribution in [0.25, 0.3) is 0 Å². The Kier molecular flexibility index (Phi) is 4.42. The van der Waals surface area contributed by atoms with E-state index in [1.807, 2.05) is 13.0 Å². The zero-order valence-corrected chi connectivity index (χ0v) is 13.2. The molecule has 0 aliphatic rings. The first-order valence-electron chi connectivity index (χ1n) is 5.94. The molecule has 0 spiro atoms. The van der Waals surface area contributed by atoms with Crippen molar-refractivity contribution >= 4 is 44.3 Å². The molecule has 20 heavy (non-hydrogen) atoms. The van der Waals surface area contributed by atoms with Crippen molar-refractivity contribution in [2.45, 2.75) is 17.6 Å². The van der Waals surface area contributed by atoms with Crippen LogP contribution in [0, 0.1) is 0 Å². The summed E-state index contributed by atoms with van der Waals surface area (Å²) in [6, 6.07) is 10.1. The molecule has 0 saturated carbocycles. The lowest BCUT2D eigenvalue weighted by molar-refractivity contribution is 0.603. The quantitative estimate of drug-likeness (QED) is 0.829. The Morgan fingerprint density at radius 3 is 2.40 bits per heavy atom. The summed E-state index contributed by atoms with van der Waals surface area (Å²) in [5.74, 6) is 0. The molecule has 0 bridgehead atoms. The first-order chi connectivity index (χ1) is 9.42. The lowest BCUT2D eigenvalue weighted by Crippen LogP contribution is -2.12. The van der Waals surface area contributed by atoms with E-state index >= 15 is 0 Å². The summed E-state index contributed by atoms with van der Waals surface area (Å²) in [7, 11) is -3.53. The second-order valence-electron chi connectivity index (χ2n) is 4.12. The molecule has 1 heterocycles. The van der Waals surface area contributed by atoms with Gasteiger partial charge in [-0.1, -0.05) is 19.1 Å². The predicted octanol–water partition coefficient (Wildman–Crippen LogP) is 2.75. The van der Waals surface area contributed by atoms with Crippen molar-refractivity contribution in [3.8, 4) is 0 Å². The van der Waals surface area contributed by atoms with Crippen molar-refractivity contribution < 1.29 is 8.42 Å². The second kappa shape index (κ2) is 5.90. The zero-order valence-electron chi connectivity index (χ0n) is 10.8. The highest BCUT2D eigenvalue weighted by Crippen LogP contribution is 2.24. The molecule has 0 fully saturated rings. The van der Waals surface area contributed by atoms with E-state index in [4.69, 9.17) is 18.0 Å². The van der Waals surface area contributed by atoms with Gasteiger partial charge < -0.3 is 5.73 Å². The van der Waals surface area contributed by atoms with Gasteiger partial charge in [-0.2, -0.15) is 0 Å². The Bertz CT molecular complexity index is 718. The summed E-state index contributed by atoms with van der Waals surface area (Å²) in [4.78, 5) is 1.32. The van der Waals surface area contributed by atoms with E-state index in [0.717, 1.165) is 11.3 Å². The van der Waals surface area contributed by atoms with Crippen LogP contribution in [0.15, 0.2) is 40.6 Å². The summed E-state index contributed by atoms with van der Waals surface area (Å²) in [6.07, 6.45) is 0.822. The van der Waals surface area contributed by atoms with Crippen molar-refractivity contribution in [2.75, 3.05) is 4.72 Å². The van der Waals surface area contributed by atoms with E-state index in [1.165, 1.54) is 11.3 Å². The normalized spacial score (nSPS) is 11.2. The fourth-order valence-electron chi connectivity index (χ4n) is 1.60. The van der Waals surface area contributed by atoms with Gasteiger partial charge in [0.15, 0.2) is 0 Å². The topological polar surface area (TPSA) is 72.2 Å². The van der Waals surface area contributed by atoms with Crippen LogP contribution in [0.1, 0.15) is 17.4 Å². The number of hydrogen-bond donors (Lipinski definition) is 2. The Labute approximate surface area is 127 Å². The summed E-state index contributed by atoms with van der Waals surface area (Å²) < 4.78 is 27.2. The number of aryl methyl sites for hydroxylation is 1. The Hall–Kier alpha value is -1.44. The van der Waals surface area contributed by atoms with Gasteiger partial charge in [0.1, 0.15) is 9.20 Å². The molecular weight excluding hydrogens is 312 g/mol. The molecule has 4 nitrogen and oxygen atoms in total. The van der Waals surface area contributed by atoms with Crippen LogP contribution >= 0.6 is 23.6 Å². The monoisotopic (exact) mass is 326 g/mol. The number of nitrogens with two attached hydrogens (primary N) is 1. The molecular formula is C13H14N2O2S3. The van der Waals surface area contributed by atoms with Gasteiger partial charge in [-0.25, -0.2) is 8.42 Å². The third-order valence-corrected chi connectivity index (χ3v) is 6.01. The van der Waals surface area contributed by atoms with Crippen LogP contribution in [0.3, 0.4) is 0 Å². The Morgan fingerprint density at radius 1 is 1.25 bits per heavy atom. The van der Waals surface area contributed by atoms with E-state index in [0.29, 0.717) is 15.5 Å². The molecule has 1 aromatic heterocycles. The van der Waals surface area contributed by atoms with Gasteiger partial charge in [0.05, 0.1) is 0 Å². The predicted molar refractivity (Wildman–Crippen MR) is 86.8 cm³/mol. The van der Waals surface area contributed by atoms with Gasteiger partial charge in [-0.15, -0.1) is 11.3 Å². The maximum atomic E-state index is 12.2. The minimum absolute atomic E-state index is 0.283. The number of thiocarbonyl (C=S) groups is 1. The van der Waals surface area contributed by atoms with Crippen molar-refractivity contribution in [3.05, 3.63) is 46.8 Å². The highest BCUT2D eigenvalue weighted by atomic mass is 32.2. The van der Waals surface area contributed by atoms with E-state index in [9.17, 15) is 8.42 Å². The number of nitrogens with one attached hydrogen (secondary N) is 1. The average molecular weight is 326 g/mol. The van der Waals surface area contributed by atoms with E-state index in [2.05, 4.69) is 4.72 Å². The van der Waals surface area contributed by atoms with E-state index in [1.54, 1.807) is 30.3 Å². The summed E-state index contributed by atoms with van der Waals surface area (Å²) in [5, 5.41) is 0. The minimum Gasteiger partial charge on any atom is -0.389 e. The minimum atomic E-state index is -3.53. The lowest BCUT2D eigenvalue weighted by Gasteiger charge is -2.07. The van der Waals surface area contributed by atoms with Gasteiger partial charge in [0, 0.05) is 16.1 Å². The van der Waals surface area contributed by atoms with E-state index in [-0.39, 0.29) is 4.99 Å². The lowest BCUT2D eigenvalue weighted by atomic mass is 10.2. The van der Waals surface area contributed by atoms with Gasteiger partial charge >= 0.3 is 0 Å². The molecule has 2 rings (SSSR count). The van der Waals surface area contributed by atoms with Gasteiger partial charge in [0.25, 0.3) is 10.0 Å². The Balaban J connectivity index is 2.21. The number of rotatable bonds is 5. The average Bonchev–Trinajstić information content (AvgIpc) is 2.88.